The van der Waals surface area contributed by atoms with Crippen LogP contribution in [0, 0.1) is 5.82 Å². The van der Waals surface area contributed by atoms with Gasteiger partial charge < -0.3 is 10.5 Å². The Bertz CT molecular complexity index is 336. The lowest BCUT2D eigenvalue weighted by Crippen LogP contribution is -2.22. The highest BCUT2D eigenvalue weighted by molar-refractivity contribution is 5.23. The van der Waals surface area contributed by atoms with Crippen molar-refractivity contribution in [1.82, 2.24) is 0 Å². The van der Waals surface area contributed by atoms with Gasteiger partial charge in [-0.05, 0) is 37.8 Å². The molecule has 15 heavy (non-hydrogen) atoms. The number of nitrogens with two attached hydrogens (primary N) is 1. The van der Waals surface area contributed by atoms with Gasteiger partial charge in [0.2, 0.25) is 0 Å². The maximum Gasteiger partial charge on any atom is 0.165 e. The first-order valence-electron chi connectivity index (χ1n) is 5.36. The van der Waals surface area contributed by atoms with Gasteiger partial charge in [0.05, 0.1) is 6.61 Å². The molecule has 2 nitrogen and oxygen atoms in total. The molecule has 0 heterocycles. The predicted octanol–water partition coefficient (Wildman–Crippen LogP) is 2.48. The first kappa shape index (κ1) is 10.4. The summed E-state index contributed by atoms with van der Waals surface area (Å²) in [5, 5.41) is 0. The molecule has 3 heteroatoms. The Kier molecular flexibility index (Phi) is 2.91. The molecular weight excluding hydrogens is 193 g/mol. The molecule has 0 aliphatic heterocycles. The van der Waals surface area contributed by atoms with Crippen LogP contribution in [0.25, 0.3) is 0 Å². The Labute approximate surface area is 89.2 Å². The van der Waals surface area contributed by atoms with Crippen molar-refractivity contribution in [2.24, 2.45) is 5.73 Å². The number of hydrogen-bond acceptors (Lipinski definition) is 2. The number of ether oxygens (including phenoxy) is 1. The lowest BCUT2D eigenvalue weighted by atomic mass is 10.1. The maximum atomic E-state index is 13.1. The largest absolute Gasteiger partial charge is 0.491 e. The minimum Gasteiger partial charge on any atom is -0.491 e. The van der Waals surface area contributed by atoms with Crippen molar-refractivity contribution in [3.05, 3.63) is 30.1 Å². The normalized spacial score (nSPS) is 17.5. The number of halogens is 1. The Hall–Kier alpha value is -1.09. The smallest absolute Gasteiger partial charge is 0.165 e. The number of para-hydroxylation sites is 1. The second kappa shape index (κ2) is 4.19. The van der Waals surface area contributed by atoms with Crippen molar-refractivity contribution in [2.45, 2.75) is 31.2 Å². The molecule has 0 saturated heterocycles. The van der Waals surface area contributed by atoms with Crippen molar-refractivity contribution in [2.75, 3.05) is 6.61 Å². The van der Waals surface area contributed by atoms with Crippen molar-refractivity contribution < 1.29 is 9.13 Å². The fourth-order valence-electron chi connectivity index (χ4n) is 1.58. The van der Waals surface area contributed by atoms with Crippen molar-refractivity contribution >= 4 is 0 Å². The van der Waals surface area contributed by atoms with Crippen molar-refractivity contribution in [3.63, 3.8) is 0 Å². The molecule has 0 radical (unpaired) electrons. The van der Waals surface area contributed by atoms with E-state index in [1.165, 1.54) is 6.07 Å². The topological polar surface area (TPSA) is 35.2 Å². The highest BCUT2D eigenvalue weighted by atomic mass is 19.1. The zero-order chi connectivity index (χ0) is 10.7. The van der Waals surface area contributed by atoms with Gasteiger partial charge >= 0.3 is 0 Å². The second-order valence-electron chi connectivity index (χ2n) is 4.24. The van der Waals surface area contributed by atoms with Gasteiger partial charge in [-0.25, -0.2) is 4.39 Å². The highest BCUT2D eigenvalue weighted by Gasteiger charge is 2.37. The minimum atomic E-state index is -0.300. The van der Waals surface area contributed by atoms with Gasteiger partial charge in [-0.1, -0.05) is 12.1 Å². The lowest BCUT2D eigenvalue weighted by Gasteiger charge is -2.09. The Morgan fingerprint density at radius 3 is 2.73 bits per heavy atom. The first-order chi connectivity index (χ1) is 7.20. The zero-order valence-electron chi connectivity index (χ0n) is 8.71. The molecule has 0 aromatic heterocycles. The Balaban J connectivity index is 1.71. The summed E-state index contributed by atoms with van der Waals surface area (Å²) in [6, 6.07) is 6.47. The van der Waals surface area contributed by atoms with Crippen molar-refractivity contribution in [1.29, 1.82) is 0 Å². The molecule has 1 aliphatic rings. The van der Waals surface area contributed by atoms with E-state index >= 15 is 0 Å². The van der Waals surface area contributed by atoms with E-state index in [1.54, 1.807) is 18.2 Å². The van der Waals surface area contributed by atoms with Crippen LogP contribution in [0.15, 0.2) is 24.3 Å². The number of hydrogen-bond donors (Lipinski definition) is 1. The number of rotatable bonds is 5. The third-order valence-corrected chi connectivity index (χ3v) is 2.81. The van der Waals surface area contributed by atoms with Gasteiger partial charge in [-0.15, -0.1) is 0 Å². The molecule has 1 aliphatic carbocycles. The van der Waals surface area contributed by atoms with E-state index in [2.05, 4.69) is 0 Å². The summed E-state index contributed by atoms with van der Waals surface area (Å²) in [6.45, 7) is 0.542. The summed E-state index contributed by atoms with van der Waals surface area (Å²) >= 11 is 0. The predicted molar refractivity (Wildman–Crippen MR) is 57.3 cm³/mol. The molecular formula is C12H16FNO. The molecule has 1 aromatic rings. The first-order valence-corrected chi connectivity index (χ1v) is 5.36. The standard InChI is InChI=1S/C12H16FNO/c13-10-4-1-2-5-11(10)15-9-3-6-12(14)7-8-12/h1-2,4-5H,3,6-9,14H2. The quantitative estimate of drug-likeness (QED) is 0.756. The summed E-state index contributed by atoms with van der Waals surface area (Å²) in [5.41, 5.74) is 5.99. The zero-order valence-corrected chi connectivity index (χ0v) is 8.71. The molecule has 0 unspecified atom stereocenters. The minimum absolute atomic E-state index is 0.0680. The summed E-state index contributed by atoms with van der Waals surface area (Å²) in [5.74, 6) is 0.0331. The van der Waals surface area contributed by atoms with E-state index in [-0.39, 0.29) is 11.4 Å². The SMILES string of the molecule is NC1(CCCOc2ccccc2F)CC1. The third-order valence-electron chi connectivity index (χ3n) is 2.81. The summed E-state index contributed by atoms with van der Waals surface area (Å²) < 4.78 is 18.4. The molecule has 82 valence electrons. The van der Waals surface area contributed by atoms with E-state index in [9.17, 15) is 4.39 Å². The molecule has 1 fully saturated rings. The number of benzene rings is 1. The van der Waals surface area contributed by atoms with Gasteiger partial charge in [0.15, 0.2) is 11.6 Å². The summed E-state index contributed by atoms with van der Waals surface area (Å²) in [6.07, 6.45) is 4.10. The van der Waals surface area contributed by atoms with Crippen LogP contribution in [0.4, 0.5) is 4.39 Å². The van der Waals surface area contributed by atoms with Crippen LogP contribution in [0.1, 0.15) is 25.7 Å². The van der Waals surface area contributed by atoms with Crippen molar-refractivity contribution in [3.8, 4) is 5.75 Å². The van der Waals surface area contributed by atoms with Gasteiger partial charge in [-0.3, -0.25) is 0 Å². The maximum absolute atomic E-state index is 13.1. The Morgan fingerprint density at radius 1 is 1.33 bits per heavy atom. The third kappa shape index (κ3) is 2.93. The molecule has 0 amide bonds. The lowest BCUT2D eigenvalue weighted by molar-refractivity contribution is 0.286. The average Bonchev–Trinajstić information content (AvgIpc) is 2.94. The fraction of sp³-hybridized carbons (Fsp3) is 0.500. The van der Waals surface area contributed by atoms with E-state index in [0.29, 0.717) is 12.4 Å². The molecule has 2 N–H and O–H groups in total. The monoisotopic (exact) mass is 209 g/mol. The van der Waals surface area contributed by atoms with E-state index < -0.39 is 0 Å². The summed E-state index contributed by atoms with van der Waals surface area (Å²) in [4.78, 5) is 0. The molecule has 1 saturated carbocycles. The molecule has 2 rings (SSSR count). The van der Waals surface area contributed by atoms with Gasteiger partial charge in [0.25, 0.3) is 0 Å². The van der Waals surface area contributed by atoms with E-state index in [1.807, 2.05) is 0 Å². The van der Waals surface area contributed by atoms with Crippen LogP contribution in [0.5, 0.6) is 5.75 Å². The average molecular weight is 209 g/mol. The highest BCUT2D eigenvalue weighted by Crippen LogP contribution is 2.36. The van der Waals surface area contributed by atoms with Crippen LogP contribution in [-0.2, 0) is 0 Å². The van der Waals surface area contributed by atoms with Crippen LogP contribution < -0.4 is 10.5 Å². The molecule has 1 aromatic carbocycles. The molecule has 0 bridgehead atoms. The van der Waals surface area contributed by atoms with Crippen LogP contribution in [-0.4, -0.2) is 12.1 Å². The molecule has 0 spiro atoms. The van der Waals surface area contributed by atoms with Gasteiger partial charge in [-0.2, -0.15) is 0 Å². The molecule has 0 atom stereocenters. The van der Waals surface area contributed by atoms with E-state index in [4.69, 9.17) is 10.5 Å². The van der Waals surface area contributed by atoms with Crippen LogP contribution in [0.2, 0.25) is 0 Å². The van der Waals surface area contributed by atoms with Crippen LogP contribution >= 0.6 is 0 Å². The second-order valence-corrected chi connectivity index (χ2v) is 4.24. The Morgan fingerprint density at radius 2 is 2.07 bits per heavy atom. The van der Waals surface area contributed by atoms with Gasteiger partial charge in [0.1, 0.15) is 0 Å². The summed E-state index contributed by atoms with van der Waals surface area (Å²) in [7, 11) is 0. The fourth-order valence-corrected chi connectivity index (χ4v) is 1.58. The van der Waals surface area contributed by atoms with Crippen LogP contribution in [0.3, 0.4) is 0 Å². The van der Waals surface area contributed by atoms with E-state index in [0.717, 1.165) is 25.7 Å². The van der Waals surface area contributed by atoms with Gasteiger partial charge in [0, 0.05) is 5.54 Å².